The predicted octanol–water partition coefficient (Wildman–Crippen LogP) is 2.96. The number of thiophene rings is 1. The average molecular weight is 511 g/mol. The summed E-state index contributed by atoms with van der Waals surface area (Å²) in [5, 5.41) is 17.2. The molecule has 0 spiro atoms. The van der Waals surface area contributed by atoms with E-state index in [9.17, 15) is 9.59 Å². The van der Waals surface area contributed by atoms with E-state index in [1.54, 1.807) is 24.3 Å². The molecule has 1 aliphatic heterocycles. The third kappa shape index (κ3) is 5.55. The van der Waals surface area contributed by atoms with Gasteiger partial charge in [0.15, 0.2) is 11.8 Å². The molecule has 0 bridgehead atoms. The van der Waals surface area contributed by atoms with Crippen molar-refractivity contribution in [1.82, 2.24) is 30.4 Å². The molecular weight excluding hydrogens is 484 g/mol. The summed E-state index contributed by atoms with van der Waals surface area (Å²) < 4.78 is 16.8. The molecule has 5 heterocycles. The van der Waals surface area contributed by atoms with Gasteiger partial charge in [0, 0.05) is 18.0 Å². The van der Waals surface area contributed by atoms with Crippen molar-refractivity contribution in [2.75, 3.05) is 13.2 Å². The molecule has 5 rings (SSSR count). The lowest BCUT2D eigenvalue weighted by atomic mass is 10.1. The molecule has 2 atom stereocenters. The van der Waals surface area contributed by atoms with Crippen LogP contribution in [0, 0.1) is 6.92 Å². The second kappa shape index (κ2) is 10.9. The highest BCUT2D eigenvalue weighted by Crippen LogP contribution is 2.26. The fraction of sp³-hybridized carbons (Fsp3) is 0.375. The van der Waals surface area contributed by atoms with Crippen LogP contribution in [0.3, 0.4) is 0 Å². The van der Waals surface area contributed by atoms with Gasteiger partial charge in [0.2, 0.25) is 11.7 Å². The maximum atomic E-state index is 13.6. The van der Waals surface area contributed by atoms with Crippen LogP contribution in [0.5, 0.6) is 0 Å². The maximum absolute atomic E-state index is 13.6. The SMILES string of the molecule is Cc1ccc(-c2nnn(CC(=O)N(Cc3cccs3)[C@H](C(=O)NC[C@@H]3CCCO3)c3ccco3)n2)o1. The normalized spacial score (nSPS) is 16.2. The lowest BCUT2D eigenvalue weighted by Crippen LogP contribution is -2.46. The van der Waals surface area contributed by atoms with E-state index >= 15 is 0 Å². The van der Waals surface area contributed by atoms with Gasteiger partial charge in [-0.1, -0.05) is 6.07 Å². The quantitative estimate of drug-likeness (QED) is 0.345. The Balaban J connectivity index is 1.38. The topological polar surface area (TPSA) is 129 Å². The van der Waals surface area contributed by atoms with E-state index in [2.05, 4.69) is 20.7 Å². The first kappa shape index (κ1) is 23.9. The van der Waals surface area contributed by atoms with Crippen molar-refractivity contribution in [3.8, 4) is 11.6 Å². The molecular formula is C24H26N6O5S. The third-order valence-corrected chi connectivity index (χ3v) is 6.68. The fourth-order valence-corrected chi connectivity index (χ4v) is 4.76. The number of hydrogen-bond donors (Lipinski definition) is 1. The molecule has 12 heteroatoms. The summed E-state index contributed by atoms with van der Waals surface area (Å²) in [5.74, 6) is 1.11. The number of hydrogen-bond acceptors (Lipinski definition) is 9. The van der Waals surface area contributed by atoms with Crippen LogP contribution in [-0.4, -0.2) is 56.2 Å². The largest absolute Gasteiger partial charge is 0.467 e. The number of tetrazole rings is 1. The molecule has 188 valence electrons. The zero-order valence-electron chi connectivity index (χ0n) is 19.7. The van der Waals surface area contributed by atoms with Gasteiger partial charge < -0.3 is 23.8 Å². The fourth-order valence-electron chi connectivity index (χ4n) is 4.06. The van der Waals surface area contributed by atoms with Gasteiger partial charge in [-0.3, -0.25) is 9.59 Å². The zero-order chi connectivity index (χ0) is 24.9. The van der Waals surface area contributed by atoms with Crippen LogP contribution in [-0.2, 0) is 27.4 Å². The van der Waals surface area contributed by atoms with E-state index < -0.39 is 6.04 Å². The van der Waals surface area contributed by atoms with Crippen LogP contribution in [0.1, 0.15) is 35.3 Å². The molecule has 0 saturated carbocycles. The molecule has 0 unspecified atom stereocenters. The lowest BCUT2D eigenvalue weighted by molar-refractivity contribution is -0.143. The summed E-state index contributed by atoms with van der Waals surface area (Å²) in [4.78, 5) is 30.7. The molecule has 2 amide bonds. The smallest absolute Gasteiger partial charge is 0.250 e. The van der Waals surface area contributed by atoms with Crippen molar-refractivity contribution in [2.45, 2.75) is 45.0 Å². The average Bonchev–Trinajstić information content (AvgIpc) is 3.68. The van der Waals surface area contributed by atoms with E-state index in [0.29, 0.717) is 24.7 Å². The van der Waals surface area contributed by atoms with E-state index in [1.807, 2.05) is 24.4 Å². The van der Waals surface area contributed by atoms with Gasteiger partial charge in [0.25, 0.3) is 5.91 Å². The van der Waals surface area contributed by atoms with E-state index in [4.69, 9.17) is 13.6 Å². The summed E-state index contributed by atoms with van der Waals surface area (Å²) >= 11 is 1.50. The van der Waals surface area contributed by atoms with Gasteiger partial charge in [-0.2, -0.15) is 4.80 Å². The zero-order valence-corrected chi connectivity index (χ0v) is 20.5. The van der Waals surface area contributed by atoms with Crippen LogP contribution >= 0.6 is 11.3 Å². The summed E-state index contributed by atoms with van der Waals surface area (Å²) in [7, 11) is 0. The standard InChI is InChI=1S/C24H26N6O5S/c1-16-8-9-20(35-16)23-26-28-30(27-23)15-21(31)29(14-18-6-4-12-36-18)22(19-7-3-11-34-19)24(32)25-13-17-5-2-10-33-17/h3-4,6-9,11-12,17,22H,2,5,10,13-15H2,1H3,(H,25,32)/t17-,22-/m0/s1. The third-order valence-electron chi connectivity index (χ3n) is 5.82. The van der Waals surface area contributed by atoms with Crippen molar-refractivity contribution >= 4 is 23.2 Å². The summed E-state index contributed by atoms with van der Waals surface area (Å²) in [6.45, 7) is 2.88. The molecule has 0 aromatic carbocycles. The molecule has 0 aliphatic carbocycles. The molecule has 0 radical (unpaired) electrons. The lowest BCUT2D eigenvalue weighted by Gasteiger charge is -2.29. The number of carbonyl (C=O) groups excluding carboxylic acids is 2. The minimum atomic E-state index is -0.980. The second-order valence-electron chi connectivity index (χ2n) is 8.45. The number of aryl methyl sites for hydroxylation is 1. The Kier molecular flexibility index (Phi) is 7.23. The van der Waals surface area contributed by atoms with Crippen molar-refractivity contribution in [2.24, 2.45) is 0 Å². The second-order valence-corrected chi connectivity index (χ2v) is 9.49. The highest BCUT2D eigenvalue weighted by atomic mass is 32.1. The molecule has 1 fully saturated rings. The Hall–Kier alpha value is -3.77. The van der Waals surface area contributed by atoms with Crippen LogP contribution in [0.25, 0.3) is 11.6 Å². The molecule has 1 aliphatic rings. The summed E-state index contributed by atoms with van der Waals surface area (Å²) in [5.41, 5.74) is 0. The Morgan fingerprint density at radius 1 is 1.28 bits per heavy atom. The molecule has 1 saturated heterocycles. The van der Waals surface area contributed by atoms with E-state index in [0.717, 1.165) is 23.5 Å². The number of nitrogens with zero attached hydrogens (tertiary/aromatic N) is 5. The molecule has 36 heavy (non-hydrogen) atoms. The first-order valence-corrected chi connectivity index (χ1v) is 12.5. The van der Waals surface area contributed by atoms with Gasteiger partial charge in [-0.15, -0.1) is 21.5 Å². The van der Waals surface area contributed by atoms with Gasteiger partial charge in [0.1, 0.15) is 18.1 Å². The molecule has 4 aromatic heterocycles. The van der Waals surface area contributed by atoms with E-state index in [1.165, 1.54) is 27.3 Å². The van der Waals surface area contributed by atoms with Gasteiger partial charge in [0.05, 0.1) is 18.9 Å². The number of aromatic nitrogens is 4. The number of ether oxygens (including phenoxy) is 1. The molecule has 11 nitrogen and oxygen atoms in total. The van der Waals surface area contributed by atoms with Gasteiger partial charge in [-0.25, -0.2) is 0 Å². The molecule has 1 N–H and O–H groups in total. The van der Waals surface area contributed by atoms with Crippen molar-refractivity contribution in [1.29, 1.82) is 0 Å². The highest BCUT2D eigenvalue weighted by Gasteiger charge is 2.35. The predicted molar refractivity (Wildman–Crippen MR) is 129 cm³/mol. The minimum Gasteiger partial charge on any atom is -0.467 e. The van der Waals surface area contributed by atoms with Crippen molar-refractivity contribution < 1.29 is 23.2 Å². The van der Waals surface area contributed by atoms with Crippen LogP contribution in [0.2, 0.25) is 0 Å². The maximum Gasteiger partial charge on any atom is 0.250 e. The first-order chi connectivity index (χ1) is 17.6. The van der Waals surface area contributed by atoms with Gasteiger partial charge >= 0.3 is 0 Å². The monoisotopic (exact) mass is 510 g/mol. The minimum absolute atomic E-state index is 0.0318. The van der Waals surface area contributed by atoms with Crippen molar-refractivity contribution in [3.63, 3.8) is 0 Å². The first-order valence-electron chi connectivity index (χ1n) is 11.7. The summed E-state index contributed by atoms with van der Waals surface area (Å²) in [6.07, 6.45) is 3.31. The Morgan fingerprint density at radius 3 is 2.89 bits per heavy atom. The van der Waals surface area contributed by atoms with Crippen molar-refractivity contribution in [3.05, 3.63) is 64.4 Å². The number of amides is 2. The van der Waals surface area contributed by atoms with Gasteiger partial charge in [-0.05, 0) is 60.7 Å². The van der Waals surface area contributed by atoms with Crippen LogP contribution in [0.4, 0.5) is 0 Å². The molecule has 4 aromatic rings. The number of carbonyl (C=O) groups is 2. The number of nitrogens with one attached hydrogen (secondary N) is 1. The Bertz CT molecular complexity index is 1280. The Morgan fingerprint density at radius 2 is 2.19 bits per heavy atom. The number of furan rings is 2. The van der Waals surface area contributed by atoms with Crippen LogP contribution in [0.15, 0.2) is 56.9 Å². The Labute approximate surface area is 211 Å². The van der Waals surface area contributed by atoms with Crippen LogP contribution < -0.4 is 5.32 Å². The summed E-state index contributed by atoms with van der Waals surface area (Å²) in [6, 6.07) is 9.76. The number of rotatable bonds is 10. The highest BCUT2D eigenvalue weighted by molar-refractivity contribution is 7.09. The van der Waals surface area contributed by atoms with E-state index in [-0.39, 0.29) is 36.8 Å².